The fraction of sp³-hybridized carbons (Fsp3) is 0.185. The number of imide groups is 1. The summed E-state index contributed by atoms with van der Waals surface area (Å²) in [6.07, 6.45) is 4.95. The minimum atomic E-state index is -0.321. The van der Waals surface area contributed by atoms with Crippen LogP contribution in [-0.2, 0) is 17.8 Å². The van der Waals surface area contributed by atoms with Crippen molar-refractivity contribution in [2.75, 3.05) is 4.90 Å². The van der Waals surface area contributed by atoms with Crippen LogP contribution in [0.5, 0.6) is 5.75 Å². The van der Waals surface area contributed by atoms with Gasteiger partial charge in [-0.3, -0.25) is 9.59 Å². The van der Waals surface area contributed by atoms with E-state index in [4.69, 9.17) is 16.3 Å². The number of halogens is 1. The average molecular weight is 478 g/mol. The molecule has 0 saturated carbocycles. The van der Waals surface area contributed by atoms with Crippen LogP contribution in [0.25, 0.3) is 6.08 Å². The van der Waals surface area contributed by atoms with Crippen LogP contribution in [0.15, 0.2) is 77.7 Å². The molecule has 33 heavy (non-hydrogen) atoms. The van der Waals surface area contributed by atoms with Crippen LogP contribution in [0, 0.1) is 0 Å². The number of thioether (sulfide) groups is 1. The van der Waals surface area contributed by atoms with E-state index in [0.29, 0.717) is 28.0 Å². The largest absolute Gasteiger partial charge is 0.488 e. The Morgan fingerprint density at radius 3 is 2.36 bits per heavy atom. The number of nitrogens with zero attached hydrogens (tertiary/aromatic N) is 1. The van der Waals surface area contributed by atoms with E-state index in [1.54, 1.807) is 6.08 Å². The molecular weight excluding hydrogens is 454 g/mol. The second-order valence-corrected chi connectivity index (χ2v) is 9.17. The second kappa shape index (κ2) is 10.7. The van der Waals surface area contributed by atoms with Gasteiger partial charge in [-0.1, -0.05) is 67.4 Å². The lowest BCUT2D eigenvalue weighted by Crippen LogP contribution is -2.27. The van der Waals surface area contributed by atoms with E-state index in [9.17, 15) is 9.59 Å². The second-order valence-electron chi connectivity index (χ2n) is 7.74. The molecule has 1 saturated heterocycles. The number of hydrogen-bond donors (Lipinski definition) is 0. The fourth-order valence-electron chi connectivity index (χ4n) is 3.50. The lowest BCUT2D eigenvalue weighted by Gasteiger charge is -2.13. The SMILES string of the molecule is CCCCc1ccc(N2C(=O)S/C(=C\c3ccccc3OCc3ccc(Cl)cc3)C2=O)cc1. The molecule has 168 valence electrons. The molecule has 0 unspecified atom stereocenters. The number of para-hydroxylation sites is 1. The highest BCUT2D eigenvalue weighted by Crippen LogP contribution is 2.37. The molecule has 1 fully saturated rings. The molecule has 0 atom stereocenters. The van der Waals surface area contributed by atoms with Gasteiger partial charge in [0.15, 0.2) is 0 Å². The summed E-state index contributed by atoms with van der Waals surface area (Å²) in [4.78, 5) is 27.3. The molecule has 0 bridgehead atoms. The van der Waals surface area contributed by atoms with Crippen LogP contribution < -0.4 is 9.64 Å². The summed E-state index contributed by atoms with van der Waals surface area (Å²) in [5.74, 6) is 0.318. The first kappa shape index (κ1) is 23.1. The summed E-state index contributed by atoms with van der Waals surface area (Å²) in [7, 11) is 0. The summed E-state index contributed by atoms with van der Waals surface area (Å²) < 4.78 is 5.99. The molecule has 2 amide bonds. The van der Waals surface area contributed by atoms with Gasteiger partial charge >= 0.3 is 0 Å². The first-order valence-corrected chi connectivity index (χ1v) is 12.1. The Morgan fingerprint density at radius 1 is 0.939 bits per heavy atom. The molecule has 1 heterocycles. The normalized spacial score (nSPS) is 14.8. The van der Waals surface area contributed by atoms with Crippen molar-refractivity contribution in [2.24, 2.45) is 0 Å². The Morgan fingerprint density at radius 2 is 1.64 bits per heavy atom. The van der Waals surface area contributed by atoms with Gasteiger partial charge in [-0.25, -0.2) is 4.90 Å². The Kier molecular flexibility index (Phi) is 7.53. The standard InChI is InChI=1S/C27H24ClNO3S/c1-2-3-6-19-11-15-23(16-12-19)29-26(30)25(33-27(29)31)17-21-7-4-5-8-24(21)32-18-20-9-13-22(28)14-10-20/h4-5,7-17H,2-3,6,18H2,1H3/b25-17-. The molecule has 0 aliphatic carbocycles. The number of hydrogen-bond acceptors (Lipinski definition) is 4. The van der Waals surface area contributed by atoms with Gasteiger partial charge in [-0.15, -0.1) is 0 Å². The average Bonchev–Trinajstić information content (AvgIpc) is 3.11. The maximum atomic E-state index is 13.1. The lowest BCUT2D eigenvalue weighted by molar-refractivity contribution is -0.113. The Bertz CT molecular complexity index is 1170. The Balaban J connectivity index is 1.51. The van der Waals surface area contributed by atoms with Gasteiger partial charge in [0.25, 0.3) is 11.1 Å². The van der Waals surface area contributed by atoms with Gasteiger partial charge in [0.05, 0.1) is 10.6 Å². The van der Waals surface area contributed by atoms with Gasteiger partial charge in [0, 0.05) is 10.6 Å². The van der Waals surface area contributed by atoms with Crippen molar-refractivity contribution in [1.82, 2.24) is 0 Å². The van der Waals surface area contributed by atoms with Crippen LogP contribution in [0.1, 0.15) is 36.5 Å². The number of anilines is 1. The van der Waals surface area contributed by atoms with Crippen molar-refractivity contribution >= 4 is 46.3 Å². The Labute approximate surface area is 203 Å². The smallest absolute Gasteiger partial charge is 0.298 e. The fourth-order valence-corrected chi connectivity index (χ4v) is 4.46. The molecule has 3 aromatic rings. The number of rotatable bonds is 8. The minimum absolute atomic E-state index is 0.299. The van der Waals surface area contributed by atoms with E-state index >= 15 is 0 Å². The van der Waals surface area contributed by atoms with Gasteiger partial charge in [-0.2, -0.15) is 0 Å². The van der Waals surface area contributed by atoms with Crippen LogP contribution in [0.2, 0.25) is 5.02 Å². The zero-order chi connectivity index (χ0) is 23.2. The maximum absolute atomic E-state index is 13.1. The molecule has 0 N–H and O–H groups in total. The highest BCUT2D eigenvalue weighted by Gasteiger charge is 2.36. The van der Waals surface area contributed by atoms with Gasteiger partial charge < -0.3 is 4.74 Å². The maximum Gasteiger partial charge on any atom is 0.298 e. The number of benzene rings is 3. The summed E-state index contributed by atoms with van der Waals surface area (Å²) in [6.45, 7) is 2.52. The quantitative estimate of drug-likeness (QED) is 0.315. The van der Waals surface area contributed by atoms with Crippen LogP contribution >= 0.6 is 23.4 Å². The molecule has 1 aliphatic heterocycles. The number of aryl methyl sites for hydroxylation is 1. The number of amides is 2. The predicted molar refractivity (Wildman–Crippen MR) is 136 cm³/mol. The van der Waals surface area contributed by atoms with Crippen LogP contribution in [0.4, 0.5) is 10.5 Å². The van der Waals surface area contributed by atoms with E-state index in [1.807, 2.05) is 72.8 Å². The molecule has 6 heteroatoms. The third-order valence-electron chi connectivity index (χ3n) is 5.32. The minimum Gasteiger partial charge on any atom is -0.488 e. The van der Waals surface area contributed by atoms with Crippen molar-refractivity contribution in [3.8, 4) is 5.75 Å². The number of unbranched alkanes of at least 4 members (excludes halogenated alkanes) is 1. The predicted octanol–water partition coefficient (Wildman–Crippen LogP) is 7.50. The Hall–Kier alpha value is -3.02. The molecule has 0 radical (unpaired) electrons. The molecular formula is C27H24ClNO3S. The van der Waals surface area contributed by atoms with Crippen LogP contribution in [0.3, 0.4) is 0 Å². The van der Waals surface area contributed by atoms with Crippen molar-refractivity contribution in [2.45, 2.75) is 32.8 Å². The zero-order valence-corrected chi connectivity index (χ0v) is 19.9. The molecule has 3 aromatic carbocycles. The summed E-state index contributed by atoms with van der Waals surface area (Å²) in [5, 5.41) is 0.373. The third kappa shape index (κ3) is 5.67. The molecule has 0 spiro atoms. The first-order chi connectivity index (χ1) is 16.0. The van der Waals surface area contributed by atoms with Crippen molar-refractivity contribution in [1.29, 1.82) is 0 Å². The van der Waals surface area contributed by atoms with Gasteiger partial charge in [0.2, 0.25) is 0 Å². The number of ether oxygens (including phenoxy) is 1. The van der Waals surface area contributed by atoms with E-state index in [0.717, 1.165) is 42.2 Å². The van der Waals surface area contributed by atoms with Gasteiger partial charge in [0.1, 0.15) is 12.4 Å². The van der Waals surface area contributed by atoms with Gasteiger partial charge in [-0.05, 0) is 72.1 Å². The van der Waals surface area contributed by atoms with E-state index in [1.165, 1.54) is 10.5 Å². The first-order valence-electron chi connectivity index (χ1n) is 10.9. The summed E-state index contributed by atoms with van der Waals surface area (Å²) in [6, 6.07) is 22.6. The summed E-state index contributed by atoms with van der Waals surface area (Å²) in [5.41, 5.74) is 3.52. The monoisotopic (exact) mass is 477 g/mol. The topological polar surface area (TPSA) is 46.6 Å². The highest BCUT2D eigenvalue weighted by atomic mass is 35.5. The molecule has 1 aliphatic rings. The highest BCUT2D eigenvalue weighted by molar-refractivity contribution is 8.19. The van der Waals surface area contributed by atoms with Crippen molar-refractivity contribution < 1.29 is 14.3 Å². The third-order valence-corrected chi connectivity index (χ3v) is 6.44. The molecule has 4 rings (SSSR count). The number of carbonyl (C=O) groups excluding carboxylic acids is 2. The zero-order valence-electron chi connectivity index (χ0n) is 18.3. The van der Waals surface area contributed by atoms with Crippen molar-refractivity contribution in [3.63, 3.8) is 0 Å². The van der Waals surface area contributed by atoms with Crippen LogP contribution in [-0.4, -0.2) is 11.1 Å². The summed E-state index contributed by atoms with van der Waals surface area (Å²) >= 11 is 6.89. The molecule has 0 aromatic heterocycles. The van der Waals surface area contributed by atoms with E-state index < -0.39 is 0 Å². The van der Waals surface area contributed by atoms with Crippen molar-refractivity contribution in [3.05, 3.63) is 99.4 Å². The molecule has 4 nitrogen and oxygen atoms in total. The van der Waals surface area contributed by atoms with E-state index in [2.05, 4.69) is 6.92 Å². The van der Waals surface area contributed by atoms with E-state index in [-0.39, 0.29) is 11.1 Å². The number of carbonyl (C=O) groups is 2. The lowest BCUT2D eigenvalue weighted by atomic mass is 10.1.